The molecule has 0 amide bonds. The molecule has 21 heavy (non-hydrogen) atoms. The van der Waals surface area contributed by atoms with Crippen molar-refractivity contribution in [1.29, 1.82) is 5.26 Å². The lowest BCUT2D eigenvalue weighted by Crippen LogP contribution is -2.02. The summed E-state index contributed by atoms with van der Waals surface area (Å²) >= 11 is 1.81. The molecule has 0 aliphatic rings. The minimum Gasteiger partial charge on any atom is -0.328 e. The van der Waals surface area contributed by atoms with Gasteiger partial charge in [0, 0.05) is 17.8 Å². The van der Waals surface area contributed by atoms with Gasteiger partial charge in [-0.2, -0.15) is 5.26 Å². The Morgan fingerprint density at radius 3 is 2.90 bits per heavy atom. The van der Waals surface area contributed by atoms with Crippen LogP contribution in [-0.2, 0) is 19.4 Å². The average Bonchev–Trinajstić information content (AvgIpc) is 3.13. The Morgan fingerprint density at radius 2 is 2.19 bits per heavy atom. The van der Waals surface area contributed by atoms with Gasteiger partial charge in [0.15, 0.2) is 0 Å². The molecule has 1 aromatic carbocycles. The fourth-order valence-electron chi connectivity index (χ4n) is 2.67. The molecule has 0 N–H and O–H groups in total. The van der Waals surface area contributed by atoms with E-state index in [0.29, 0.717) is 5.56 Å². The molecule has 0 atom stereocenters. The number of thiophene rings is 1. The van der Waals surface area contributed by atoms with Crippen LogP contribution in [0.4, 0.5) is 0 Å². The standard InChI is InChI=1S/C17H17N3S/c1-2-20-16-9-8-13(12-18)11-15(16)19-17(20)7-3-5-14-6-4-10-21-14/h4,6,8-11H,2-3,5,7H2,1H3. The number of hydrogen-bond donors (Lipinski definition) is 0. The van der Waals surface area contributed by atoms with Crippen molar-refractivity contribution in [3.05, 3.63) is 52.0 Å². The van der Waals surface area contributed by atoms with Gasteiger partial charge in [0.1, 0.15) is 5.82 Å². The van der Waals surface area contributed by atoms with Gasteiger partial charge in [-0.3, -0.25) is 0 Å². The van der Waals surface area contributed by atoms with Crippen molar-refractivity contribution in [2.24, 2.45) is 0 Å². The maximum atomic E-state index is 8.99. The molecule has 0 radical (unpaired) electrons. The number of nitrogens with zero attached hydrogens (tertiary/aromatic N) is 3. The van der Waals surface area contributed by atoms with Crippen LogP contribution >= 0.6 is 11.3 Å². The molecule has 3 aromatic rings. The first kappa shape index (κ1) is 13.8. The predicted octanol–water partition coefficient (Wildman–Crippen LogP) is 4.16. The maximum absolute atomic E-state index is 8.99. The van der Waals surface area contributed by atoms with Crippen molar-refractivity contribution in [3.63, 3.8) is 0 Å². The van der Waals surface area contributed by atoms with Gasteiger partial charge in [-0.15, -0.1) is 11.3 Å². The molecule has 2 heterocycles. The monoisotopic (exact) mass is 295 g/mol. The van der Waals surface area contributed by atoms with E-state index in [0.717, 1.165) is 42.7 Å². The highest BCUT2D eigenvalue weighted by Crippen LogP contribution is 2.20. The predicted molar refractivity (Wildman–Crippen MR) is 86.5 cm³/mol. The van der Waals surface area contributed by atoms with E-state index in [2.05, 4.69) is 35.1 Å². The number of fused-ring (bicyclic) bond motifs is 1. The van der Waals surface area contributed by atoms with Crippen LogP contribution in [0.2, 0.25) is 0 Å². The minimum atomic E-state index is 0.674. The second-order valence-corrected chi connectivity index (χ2v) is 6.05. The smallest absolute Gasteiger partial charge is 0.109 e. The zero-order valence-electron chi connectivity index (χ0n) is 12.0. The Morgan fingerprint density at radius 1 is 1.29 bits per heavy atom. The number of nitriles is 1. The molecule has 0 saturated carbocycles. The summed E-state index contributed by atoms with van der Waals surface area (Å²) in [5, 5.41) is 11.1. The lowest BCUT2D eigenvalue weighted by atomic mass is 10.2. The van der Waals surface area contributed by atoms with Crippen molar-refractivity contribution in [2.75, 3.05) is 0 Å². The number of imidazole rings is 1. The van der Waals surface area contributed by atoms with Crippen molar-refractivity contribution in [1.82, 2.24) is 9.55 Å². The molecule has 0 spiro atoms. The molecule has 106 valence electrons. The van der Waals surface area contributed by atoms with Gasteiger partial charge in [-0.25, -0.2) is 4.98 Å². The highest BCUT2D eigenvalue weighted by Gasteiger charge is 2.10. The van der Waals surface area contributed by atoms with E-state index in [4.69, 9.17) is 10.2 Å². The fourth-order valence-corrected chi connectivity index (χ4v) is 3.42. The Kier molecular flexibility index (Phi) is 4.03. The number of hydrogen-bond acceptors (Lipinski definition) is 3. The van der Waals surface area contributed by atoms with Gasteiger partial charge in [-0.1, -0.05) is 6.07 Å². The quantitative estimate of drug-likeness (QED) is 0.709. The highest BCUT2D eigenvalue weighted by molar-refractivity contribution is 7.09. The summed E-state index contributed by atoms with van der Waals surface area (Å²) in [6.07, 6.45) is 3.19. The SMILES string of the molecule is CCn1c(CCCc2cccs2)nc2cc(C#N)ccc21. The molecule has 2 aromatic heterocycles. The summed E-state index contributed by atoms with van der Waals surface area (Å²) in [5.74, 6) is 1.12. The largest absolute Gasteiger partial charge is 0.328 e. The number of aromatic nitrogens is 2. The molecule has 0 saturated heterocycles. The van der Waals surface area contributed by atoms with Gasteiger partial charge < -0.3 is 4.57 Å². The van der Waals surface area contributed by atoms with Crippen LogP contribution in [0.5, 0.6) is 0 Å². The van der Waals surface area contributed by atoms with Crippen LogP contribution in [0.3, 0.4) is 0 Å². The van der Waals surface area contributed by atoms with E-state index in [1.165, 1.54) is 4.88 Å². The Bertz CT molecular complexity index is 778. The van der Waals surface area contributed by atoms with Gasteiger partial charge >= 0.3 is 0 Å². The maximum Gasteiger partial charge on any atom is 0.109 e. The zero-order chi connectivity index (χ0) is 14.7. The molecule has 0 aliphatic carbocycles. The Balaban J connectivity index is 1.82. The van der Waals surface area contributed by atoms with Crippen molar-refractivity contribution in [3.8, 4) is 6.07 Å². The molecule has 0 bridgehead atoms. The van der Waals surface area contributed by atoms with Gasteiger partial charge in [0.2, 0.25) is 0 Å². The minimum absolute atomic E-state index is 0.674. The first-order valence-corrected chi connectivity index (χ1v) is 8.11. The molecule has 0 fully saturated rings. The highest BCUT2D eigenvalue weighted by atomic mass is 32.1. The Labute approximate surface area is 128 Å². The topological polar surface area (TPSA) is 41.6 Å². The van der Waals surface area contributed by atoms with Crippen LogP contribution in [-0.4, -0.2) is 9.55 Å². The molecular weight excluding hydrogens is 278 g/mol. The first-order chi connectivity index (χ1) is 10.3. The van der Waals surface area contributed by atoms with Crippen LogP contribution < -0.4 is 0 Å². The third-order valence-electron chi connectivity index (χ3n) is 3.68. The fraction of sp³-hybridized carbons (Fsp3) is 0.294. The van der Waals surface area contributed by atoms with E-state index in [1.54, 1.807) is 0 Å². The molecule has 0 unspecified atom stereocenters. The zero-order valence-corrected chi connectivity index (χ0v) is 12.9. The van der Waals surface area contributed by atoms with E-state index in [9.17, 15) is 0 Å². The van der Waals surface area contributed by atoms with Gasteiger partial charge in [0.05, 0.1) is 22.7 Å². The van der Waals surface area contributed by atoms with Crippen molar-refractivity contribution < 1.29 is 0 Å². The molecule has 3 nitrogen and oxygen atoms in total. The lowest BCUT2D eigenvalue weighted by Gasteiger charge is -2.05. The van der Waals surface area contributed by atoms with E-state index < -0.39 is 0 Å². The third-order valence-corrected chi connectivity index (χ3v) is 4.61. The normalized spacial score (nSPS) is 10.9. The van der Waals surface area contributed by atoms with Crippen LogP contribution in [0, 0.1) is 11.3 Å². The average molecular weight is 295 g/mol. The number of aryl methyl sites for hydroxylation is 3. The van der Waals surface area contributed by atoms with Crippen LogP contribution in [0.15, 0.2) is 35.7 Å². The molecule has 0 aliphatic heterocycles. The van der Waals surface area contributed by atoms with E-state index in [1.807, 2.05) is 29.5 Å². The third kappa shape index (κ3) is 2.84. The molecule has 3 rings (SSSR count). The number of rotatable bonds is 5. The Hall–Kier alpha value is -2.12. The summed E-state index contributed by atoms with van der Waals surface area (Å²) in [7, 11) is 0. The summed E-state index contributed by atoms with van der Waals surface area (Å²) in [6.45, 7) is 3.05. The van der Waals surface area contributed by atoms with E-state index in [-0.39, 0.29) is 0 Å². The van der Waals surface area contributed by atoms with Crippen molar-refractivity contribution in [2.45, 2.75) is 32.7 Å². The second-order valence-electron chi connectivity index (χ2n) is 5.02. The van der Waals surface area contributed by atoms with E-state index >= 15 is 0 Å². The summed E-state index contributed by atoms with van der Waals surface area (Å²) in [4.78, 5) is 6.16. The van der Waals surface area contributed by atoms with Gasteiger partial charge in [-0.05, 0) is 49.4 Å². The van der Waals surface area contributed by atoms with Crippen molar-refractivity contribution >= 4 is 22.4 Å². The van der Waals surface area contributed by atoms with Crippen LogP contribution in [0.1, 0.15) is 29.6 Å². The summed E-state index contributed by atoms with van der Waals surface area (Å²) in [6, 6.07) is 12.2. The second kappa shape index (κ2) is 6.11. The van der Waals surface area contributed by atoms with Gasteiger partial charge in [0.25, 0.3) is 0 Å². The number of benzene rings is 1. The summed E-state index contributed by atoms with van der Waals surface area (Å²) in [5.41, 5.74) is 2.73. The van der Waals surface area contributed by atoms with Crippen LogP contribution in [0.25, 0.3) is 11.0 Å². The molecular formula is C17H17N3S. The molecule has 4 heteroatoms. The summed E-state index contributed by atoms with van der Waals surface area (Å²) < 4.78 is 2.25. The lowest BCUT2D eigenvalue weighted by molar-refractivity contribution is 0.684. The first-order valence-electron chi connectivity index (χ1n) is 7.23.